The highest BCUT2D eigenvalue weighted by Gasteiger charge is 2.58. The molecule has 0 aromatic carbocycles. The van der Waals surface area contributed by atoms with Gasteiger partial charge in [0.15, 0.2) is 0 Å². The molecular formula is C15H26N2O. The van der Waals surface area contributed by atoms with Gasteiger partial charge in [-0.2, -0.15) is 0 Å². The molecule has 0 aromatic heterocycles. The second-order valence-corrected chi connectivity index (χ2v) is 6.75. The quantitative estimate of drug-likeness (QED) is 0.834. The first-order valence-electron chi connectivity index (χ1n) is 7.73. The van der Waals surface area contributed by atoms with Crippen molar-refractivity contribution in [1.29, 1.82) is 0 Å². The molecule has 2 saturated carbocycles. The van der Waals surface area contributed by atoms with Crippen molar-refractivity contribution in [1.82, 2.24) is 10.2 Å². The van der Waals surface area contributed by atoms with E-state index in [0.29, 0.717) is 12.1 Å². The van der Waals surface area contributed by atoms with Crippen LogP contribution in [0.15, 0.2) is 0 Å². The van der Waals surface area contributed by atoms with Gasteiger partial charge in [-0.3, -0.25) is 10.1 Å². The summed E-state index contributed by atoms with van der Waals surface area (Å²) < 4.78 is 0. The van der Waals surface area contributed by atoms with Crippen LogP contribution in [-0.4, -0.2) is 29.1 Å². The predicted molar refractivity (Wildman–Crippen MR) is 72.0 cm³/mol. The summed E-state index contributed by atoms with van der Waals surface area (Å²) in [6.45, 7) is 5.54. The lowest BCUT2D eigenvalue weighted by Gasteiger charge is -2.32. The van der Waals surface area contributed by atoms with E-state index in [0.717, 1.165) is 37.6 Å². The lowest BCUT2D eigenvalue weighted by atomic mass is 9.82. The Hall–Kier alpha value is -0.570. The second-order valence-electron chi connectivity index (χ2n) is 6.75. The Labute approximate surface area is 110 Å². The van der Waals surface area contributed by atoms with E-state index in [1.807, 2.05) is 0 Å². The Bertz CT molecular complexity index is 337. The minimum absolute atomic E-state index is 0.124. The van der Waals surface area contributed by atoms with Gasteiger partial charge in [0.2, 0.25) is 5.91 Å². The number of carbonyl (C=O) groups excluding carboxylic acids is 1. The van der Waals surface area contributed by atoms with Crippen molar-refractivity contribution < 1.29 is 4.79 Å². The standard InChI is InChI=1S/C15H26N2O/c1-3-13-16-15(7-8-15)14(18)17(13)10-12-6-4-5-11(2)9-12/h11-13,16H,3-10H2,1-2H3. The molecule has 3 rings (SSSR count). The lowest BCUT2D eigenvalue weighted by Crippen LogP contribution is -2.40. The number of nitrogens with zero attached hydrogens (tertiary/aromatic N) is 1. The molecular weight excluding hydrogens is 224 g/mol. The van der Waals surface area contributed by atoms with E-state index in [2.05, 4.69) is 24.1 Å². The van der Waals surface area contributed by atoms with Crippen molar-refractivity contribution in [2.75, 3.05) is 6.54 Å². The van der Waals surface area contributed by atoms with Gasteiger partial charge in [0.05, 0.1) is 11.7 Å². The largest absolute Gasteiger partial charge is 0.325 e. The van der Waals surface area contributed by atoms with Gasteiger partial charge in [-0.25, -0.2) is 0 Å². The fourth-order valence-electron chi connectivity index (χ4n) is 3.89. The van der Waals surface area contributed by atoms with Crippen LogP contribution in [0.25, 0.3) is 0 Å². The van der Waals surface area contributed by atoms with Crippen LogP contribution >= 0.6 is 0 Å². The van der Waals surface area contributed by atoms with Gasteiger partial charge < -0.3 is 4.90 Å². The fourth-order valence-corrected chi connectivity index (χ4v) is 3.89. The maximum Gasteiger partial charge on any atom is 0.244 e. The summed E-state index contributed by atoms with van der Waals surface area (Å²) in [5.41, 5.74) is -0.124. The first-order valence-corrected chi connectivity index (χ1v) is 7.73. The molecule has 18 heavy (non-hydrogen) atoms. The highest BCUT2D eigenvalue weighted by atomic mass is 16.2. The van der Waals surface area contributed by atoms with Gasteiger partial charge in [-0.15, -0.1) is 0 Å². The maximum atomic E-state index is 12.5. The first-order chi connectivity index (χ1) is 8.64. The average Bonchev–Trinajstić information content (AvgIpc) is 3.08. The summed E-state index contributed by atoms with van der Waals surface area (Å²) in [4.78, 5) is 14.6. The monoisotopic (exact) mass is 250 g/mol. The number of hydrogen-bond acceptors (Lipinski definition) is 2. The van der Waals surface area contributed by atoms with E-state index >= 15 is 0 Å². The Kier molecular flexibility index (Phi) is 3.13. The van der Waals surface area contributed by atoms with Gasteiger partial charge in [0, 0.05) is 6.54 Å². The van der Waals surface area contributed by atoms with Crippen molar-refractivity contribution in [2.45, 2.75) is 70.5 Å². The van der Waals surface area contributed by atoms with E-state index < -0.39 is 0 Å². The zero-order chi connectivity index (χ0) is 12.8. The zero-order valence-electron chi connectivity index (χ0n) is 11.7. The highest BCUT2D eigenvalue weighted by molar-refractivity contribution is 5.91. The summed E-state index contributed by atoms with van der Waals surface area (Å²) in [5.74, 6) is 1.99. The molecule has 1 amide bonds. The van der Waals surface area contributed by atoms with Crippen LogP contribution in [-0.2, 0) is 4.79 Å². The molecule has 3 aliphatic rings. The molecule has 102 valence electrons. The van der Waals surface area contributed by atoms with Crippen LogP contribution in [0.3, 0.4) is 0 Å². The van der Waals surface area contributed by atoms with E-state index in [9.17, 15) is 4.79 Å². The molecule has 3 nitrogen and oxygen atoms in total. The Morgan fingerprint density at radius 3 is 2.78 bits per heavy atom. The Morgan fingerprint density at radius 1 is 1.39 bits per heavy atom. The molecule has 1 aliphatic heterocycles. The molecule has 1 N–H and O–H groups in total. The van der Waals surface area contributed by atoms with Crippen molar-refractivity contribution in [3.63, 3.8) is 0 Å². The topological polar surface area (TPSA) is 32.3 Å². The third kappa shape index (κ3) is 2.07. The number of nitrogens with one attached hydrogen (secondary N) is 1. The van der Waals surface area contributed by atoms with Crippen molar-refractivity contribution in [2.24, 2.45) is 11.8 Å². The van der Waals surface area contributed by atoms with E-state index in [4.69, 9.17) is 0 Å². The fraction of sp³-hybridized carbons (Fsp3) is 0.933. The van der Waals surface area contributed by atoms with Gasteiger partial charge in [-0.05, 0) is 43.9 Å². The number of hydrogen-bond donors (Lipinski definition) is 1. The van der Waals surface area contributed by atoms with Crippen molar-refractivity contribution in [3.8, 4) is 0 Å². The normalized spacial score (nSPS) is 38.4. The Balaban J connectivity index is 1.65. The van der Waals surface area contributed by atoms with Crippen LogP contribution in [0, 0.1) is 11.8 Å². The van der Waals surface area contributed by atoms with Gasteiger partial charge in [0.25, 0.3) is 0 Å². The van der Waals surface area contributed by atoms with Crippen LogP contribution in [0.1, 0.15) is 58.8 Å². The smallest absolute Gasteiger partial charge is 0.244 e. The minimum Gasteiger partial charge on any atom is -0.325 e. The van der Waals surface area contributed by atoms with Crippen molar-refractivity contribution >= 4 is 5.91 Å². The highest BCUT2D eigenvalue weighted by Crippen LogP contribution is 2.43. The van der Waals surface area contributed by atoms with Crippen molar-refractivity contribution in [3.05, 3.63) is 0 Å². The van der Waals surface area contributed by atoms with Crippen LogP contribution in [0.2, 0.25) is 0 Å². The minimum atomic E-state index is -0.124. The molecule has 0 radical (unpaired) electrons. The van der Waals surface area contributed by atoms with Crippen LogP contribution in [0.5, 0.6) is 0 Å². The summed E-state index contributed by atoms with van der Waals surface area (Å²) in [7, 11) is 0. The Morgan fingerprint density at radius 2 is 2.17 bits per heavy atom. The van der Waals surface area contributed by atoms with E-state index in [-0.39, 0.29) is 5.54 Å². The van der Waals surface area contributed by atoms with Crippen LogP contribution in [0.4, 0.5) is 0 Å². The first kappa shape index (κ1) is 12.5. The molecule has 3 unspecified atom stereocenters. The SMILES string of the molecule is CCC1NC2(CC2)C(=O)N1CC1CCCC(C)C1. The second kappa shape index (κ2) is 4.52. The van der Waals surface area contributed by atoms with E-state index in [1.54, 1.807) is 0 Å². The third-order valence-corrected chi connectivity index (χ3v) is 5.13. The van der Waals surface area contributed by atoms with Gasteiger partial charge in [-0.1, -0.05) is 26.7 Å². The summed E-state index contributed by atoms with van der Waals surface area (Å²) in [6, 6.07) is 0. The number of rotatable bonds is 3. The average molecular weight is 250 g/mol. The maximum absolute atomic E-state index is 12.5. The van der Waals surface area contributed by atoms with Crippen LogP contribution < -0.4 is 5.32 Å². The third-order valence-electron chi connectivity index (χ3n) is 5.13. The molecule has 1 spiro atoms. The number of amides is 1. The summed E-state index contributed by atoms with van der Waals surface area (Å²) >= 11 is 0. The molecule has 3 fully saturated rings. The zero-order valence-corrected chi connectivity index (χ0v) is 11.7. The number of carbonyl (C=O) groups is 1. The molecule has 1 saturated heterocycles. The molecule has 1 heterocycles. The van der Waals surface area contributed by atoms with E-state index in [1.165, 1.54) is 25.7 Å². The molecule has 0 bridgehead atoms. The van der Waals surface area contributed by atoms with Gasteiger partial charge >= 0.3 is 0 Å². The predicted octanol–water partition coefficient (Wildman–Crippen LogP) is 2.51. The molecule has 2 aliphatic carbocycles. The van der Waals surface area contributed by atoms with Gasteiger partial charge in [0.1, 0.15) is 0 Å². The summed E-state index contributed by atoms with van der Waals surface area (Å²) in [6.07, 6.45) is 8.81. The molecule has 3 atom stereocenters. The lowest BCUT2D eigenvalue weighted by molar-refractivity contribution is -0.131. The molecule has 3 heteroatoms. The summed E-state index contributed by atoms with van der Waals surface area (Å²) in [5, 5.41) is 3.57. The molecule has 0 aromatic rings.